The molecule has 178 valence electrons. The maximum atomic E-state index is 13.0. The first-order valence-electron chi connectivity index (χ1n) is 10.8. The third-order valence-corrected chi connectivity index (χ3v) is 6.95. The van der Waals surface area contributed by atoms with Crippen molar-refractivity contribution < 1.29 is 28.6 Å². The van der Waals surface area contributed by atoms with Crippen LogP contribution in [0.3, 0.4) is 0 Å². The molecule has 0 saturated carbocycles. The van der Waals surface area contributed by atoms with Crippen molar-refractivity contribution in [1.29, 1.82) is 0 Å². The Hall–Kier alpha value is -3.30. The lowest BCUT2D eigenvalue weighted by molar-refractivity contribution is -0.153. The van der Waals surface area contributed by atoms with Gasteiger partial charge in [0.1, 0.15) is 29.5 Å². The number of hydrogen-bond donors (Lipinski definition) is 1. The van der Waals surface area contributed by atoms with Crippen molar-refractivity contribution in [1.82, 2.24) is 10.2 Å². The molecule has 2 aliphatic rings. The Morgan fingerprint density at radius 1 is 1.03 bits per heavy atom. The van der Waals surface area contributed by atoms with Gasteiger partial charge in [-0.1, -0.05) is 42.5 Å². The van der Waals surface area contributed by atoms with E-state index in [2.05, 4.69) is 5.32 Å². The first kappa shape index (κ1) is 23.8. The molecule has 9 heteroatoms. The van der Waals surface area contributed by atoms with Crippen LogP contribution in [0.2, 0.25) is 0 Å². The van der Waals surface area contributed by atoms with Gasteiger partial charge >= 0.3 is 5.97 Å². The lowest BCUT2D eigenvalue weighted by Gasteiger charge is -2.49. The Labute approximate surface area is 202 Å². The summed E-state index contributed by atoms with van der Waals surface area (Å²) in [6.07, 6.45) is 0.184. The number of rotatable bonds is 9. The predicted octanol–water partition coefficient (Wildman–Crippen LogP) is 2.28. The smallest absolute Gasteiger partial charge is 0.355 e. The third kappa shape index (κ3) is 5.10. The van der Waals surface area contributed by atoms with Crippen LogP contribution in [0.1, 0.15) is 11.1 Å². The Morgan fingerprint density at radius 2 is 1.76 bits per heavy atom. The molecule has 2 aliphatic heterocycles. The summed E-state index contributed by atoms with van der Waals surface area (Å²) in [6.45, 7) is 0.269. The van der Waals surface area contributed by atoms with Crippen molar-refractivity contribution >= 4 is 29.5 Å². The Bertz CT molecular complexity index is 1090. The van der Waals surface area contributed by atoms with Crippen LogP contribution in [0.25, 0.3) is 0 Å². The number of ether oxygens (including phenoxy) is 3. The molecule has 2 amide bonds. The Balaban J connectivity index is 1.43. The van der Waals surface area contributed by atoms with Crippen LogP contribution >= 0.6 is 11.8 Å². The van der Waals surface area contributed by atoms with Crippen molar-refractivity contribution in [2.75, 3.05) is 26.6 Å². The Morgan fingerprint density at radius 3 is 2.44 bits per heavy atom. The number of esters is 1. The van der Waals surface area contributed by atoms with Gasteiger partial charge in [-0.3, -0.25) is 14.5 Å². The van der Waals surface area contributed by atoms with E-state index in [1.165, 1.54) is 23.8 Å². The molecule has 0 radical (unpaired) electrons. The van der Waals surface area contributed by atoms with Crippen LogP contribution in [0.4, 0.5) is 0 Å². The lowest BCUT2D eigenvalue weighted by atomic mass is 10.0. The van der Waals surface area contributed by atoms with Gasteiger partial charge in [0.15, 0.2) is 0 Å². The number of benzene rings is 2. The van der Waals surface area contributed by atoms with E-state index in [1.54, 1.807) is 19.2 Å². The zero-order valence-electron chi connectivity index (χ0n) is 19.0. The van der Waals surface area contributed by atoms with Crippen LogP contribution < -0.4 is 10.1 Å². The summed E-state index contributed by atoms with van der Waals surface area (Å²) < 4.78 is 15.9. The van der Waals surface area contributed by atoms with Gasteiger partial charge in [-0.15, -0.1) is 11.8 Å². The molecule has 1 N–H and O–H groups in total. The number of carbonyl (C=O) groups is 3. The van der Waals surface area contributed by atoms with Gasteiger partial charge in [0.2, 0.25) is 5.91 Å². The summed E-state index contributed by atoms with van der Waals surface area (Å²) in [6, 6.07) is 15.8. The minimum Gasteiger partial charge on any atom is -0.497 e. The average Bonchev–Trinajstić information content (AvgIpc) is 2.86. The van der Waals surface area contributed by atoms with Crippen LogP contribution in [0.15, 0.2) is 65.9 Å². The van der Waals surface area contributed by atoms with Crippen LogP contribution in [-0.4, -0.2) is 60.7 Å². The van der Waals surface area contributed by atoms with E-state index >= 15 is 0 Å². The molecule has 2 aromatic carbocycles. The monoisotopic (exact) mass is 482 g/mol. The van der Waals surface area contributed by atoms with Gasteiger partial charge in [-0.2, -0.15) is 0 Å². The molecular formula is C25H26N2O6S. The second kappa shape index (κ2) is 10.8. The Kier molecular flexibility index (Phi) is 7.54. The van der Waals surface area contributed by atoms with E-state index in [-0.39, 0.29) is 42.5 Å². The van der Waals surface area contributed by atoms with E-state index in [0.29, 0.717) is 17.1 Å². The quantitative estimate of drug-likeness (QED) is 0.433. The highest BCUT2D eigenvalue weighted by molar-refractivity contribution is 8.00. The first-order chi connectivity index (χ1) is 16.5. The van der Waals surface area contributed by atoms with E-state index < -0.39 is 12.0 Å². The number of fused-ring (bicyclic) bond motifs is 1. The number of nitrogens with one attached hydrogen (secondary N) is 1. The molecule has 34 heavy (non-hydrogen) atoms. The van der Waals surface area contributed by atoms with Gasteiger partial charge < -0.3 is 19.5 Å². The van der Waals surface area contributed by atoms with E-state index in [4.69, 9.17) is 14.2 Å². The summed E-state index contributed by atoms with van der Waals surface area (Å²) in [4.78, 5) is 40.0. The molecule has 2 atom stereocenters. The van der Waals surface area contributed by atoms with Gasteiger partial charge in [0.05, 0.1) is 20.1 Å². The van der Waals surface area contributed by atoms with E-state index in [1.807, 2.05) is 42.5 Å². The number of nitrogens with zero attached hydrogens (tertiary/aromatic N) is 1. The zero-order chi connectivity index (χ0) is 24.1. The third-order valence-electron chi connectivity index (χ3n) is 5.61. The highest BCUT2D eigenvalue weighted by atomic mass is 32.2. The number of β-lactam (4-membered cyclic amide) rings is 1. The summed E-state index contributed by atoms with van der Waals surface area (Å²) in [5, 5.41) is 2.46. The molecule has 2 heterocycles. The molecule has 1 fully saturated rings. The predicted molar refractivity (Wildman–Crippen MR) is 127 cm³/mol. The first-order valence-corrected chi connectivity index (χ1v) is 11.9. The highest BCUT2D eigenvalue weighted by Gasteiger charge is 2.54. The summed E-state index contributed by atoms with van der Waals surface area (Å²) in [7, 11) is 3.12. The second-order valence-electron chi connectivity index (χ2n) is 7.93. The molecule has 1 unspecified atom stereocenters. The maximum Gasteiger partial charge on any atom is 0.355 e. The number of thioether (sulfide) groups is 1. The number of hydrogen-bond acceptors (Lipinski definition) is 7. The summed E-state index contributed by atoms with van der Waals surface area (Å²) >= 11 is 1.49. The molecule has 0 aliphatic carbocycles. The van der Waals surface area contributed by atoms with Crippen molar-refractivity contribution in [2.24, 2.45) is 0 Å². The minimum atomic E-state index is -0.685. The van der Waals surface area contributed by atoms with E-state index in [0.717, 1.165) is 11.1 Å². The standard InChI is InChI=1S/C25H26N2O6S/c1-31-14-18-15-34-24-21(26-20(28)12-16-6-4-3-5-7-16)23(29)27(24)22(18)25(30)33-13-17-8-10-19(32-2)11-9-17/h3-11,21,24H,12-15H2,1-2H3,(H,26,28)/t21?,24-/m0/s1. The van der Waals surface area contributed by atoms with Crippen molar-refractivity contribution in [3.8, 4) is 5.75 Å². The van der Waals surface area contributed by atoms with Crippen LogP contribution in [-0.2, 0) is 36.9 Å². The fraction of sp³-hybridized carbons (Fsp3) is 0.320. The van der Waals surface area contributed by atoms with Crippen molar-refractivity contribution in [2.45, 2.75) is 24.4 Å². The number of methoxy groups -OCH3 is 2. The van der Waals surface area contributed by atoms with Gasteiger partial charge in [-0.25, -0.2) is 4.79 Å². The fourth-order valence-corrected chi connectivity index (χ4v) is 5.23. The molecule has 4 rings (SSSR count). The normalized spacial score (nSPS) is 19.2. The average molecular weight is 483 g/mol. The molecular weight excluding hydrogens is 456 g/mol. The van der Waals surface area contributed by atoms with Gasteiger partial charge in [-0.05, 0) is 28.8 Å². The minimum absolute atomic E-state index is 0.0592. The second-order valence-corrected chi connectivity index (χ2v) is 9.03. The highest BCUT2D eigenvalue weighted by Crippen LogP contribution is 2.40. The molecule has 0 aromatic heterocycles. The van der Waals surface area contributed by atoms with Gasteiger partial charge in [0, 0.05) is 12.9 Å². The fourth-order valence-electron chi connectivity index (χ4n) is 3.90. The van der Waals surface area contributed by atoms with Gasteiger partial charge in [0.25, 0.3) is 5.91 Å². The van der Waals surface area contributed by atoms with Crippen LogP contribution in [0, 0.1) is 0 Å². The summed E-state index contributed by atoms with van der Waals surface area (Å²) in [5.41, 5.74) is 2.55. The molecule has 1 saturated heterocycles. The molecule has 0 bridgehead atoms. The SMILES string of the molecule is COCC1=C(C(=O)OCc2ccc(OC)cc2)N2C(=O)C(NC(=O)Cc3ccccc3)[C@@H]2SC1. The zero-order valence-corrected chi connectivity index (χ0v) is 19.8. The van der Waals surface area contributed by atoms with Crippen LogP contribution in [0.5, 0.6) is 5.75 Å². The molecule has 2 aromatic rings. The largest absolute Gasteiger partial charge is 0.497 e. The topological polar surface area (TPSA) is 94.2 Å². The van der Waals surface area contributed by atoms with E-state index in [9.17, 15) is 14.4 Å². The van der Waals surface area contributed by atoms with Crippen molar-refractivity contribution in [3.05, 3.63) is 77.0 Å². The number of carbonyl (C=O) groups excluding carboxylic acids is 3. The lowest BCUT2D eigenvalue weighted by Crippen LogP contribution is -2.70. The molecule has 8 nitrogen and oxygen atoms in total. The summed E-state index contributed by atoms with van der Waals surface area (Å²) in [5.74, 6) is 0.0541. The molecule has 0 spiro atoms. The maximum absolute atomic E-state index is 13.0. The number of amides is 2. The van der Waals surface area contributed by atoms with Crippen molar-refractivity contribution in [3.63, 3.8) is 0 Å².